The molecule has 1 aliphatic heterocycles. The van der Waals surface area contributed by atoms with Gasteiger partial charge in [0.1, 0.15) is 5.76 Å². The predicted molar refractivity (Wildman–Crippen MR) is 110 cm³/mol. The van der Waals surface area contributed by atoms with Crippen LogP contribution in [0.2, 0.25) is 0 Å². The van der Waals surface area contributed by atoms with Gasteiger partial charge < -0.3 is 9.32 Å². The van der Waals surface area contributed by atoms with E-state index in [0.29, 0.717) is 30.1 Å². The zero-order valence-electron chi connectivity index (χ0n) is 16.0. The Labute approximate surface area is 172 Å². The van der Waals surface area contributed by atoms with E-state index in [9.17, 15) is 14.4 Å². The Morgan fingerprint density at radius 2 is 1.76 bits per heavy atom. The molecule has 0 saturated carbocycles. The molecule has 7 heteroatoms. The Morgan fingerprint density at radius 1 is 1.03 bits per heavy atom. The highest BCUT2D eigenvalue weighted by Gasteiger charge is 2.30. The molecule has 1 fully saturated rings. The fourth-order valence-corrected chi connectivity index (χ4v) is 4.25. The molecule has 0 bridgehead atoms. The van der Waals surface area contributed by atoms with Crippen molar-refractivity contribution in [1.82, 2.24) is 4.90 Å². The van der Waals surface area contributed by atoms with Gasteiger partial charge in [-0.15, -0.1) is 11.3 Å². The van der Waals surface area contributed by atoms with Gasteiger partial charge in [0.2, 0.25) is 11.8 Å². The minimum Gasteiger partial charge on any atom is -0.467 e. The third-order valence-corrected chi connectivity index (χ3v) is 5.77. The zero-order chi connectivity index (χ0) is 20.4. The third-order valence-electron chi connectivity index (χ3n) is 4.78. The summed E-state index contributed by atoms with van der Waals surface area (Å²) >= 11 is 1.65. The van der Waals surface area contributed by atoms with E-state index in [1.165, 1.54) is 9.78 Å². The number of nitrogens with zero attached hydrogens (tertiary/aromatic N) is 2. The van der Waals surface area contributed by atoms with E-state index >= 15 is 0 Å². The maximum atomic E-state index is 13.2. The molecule has 3 aromatic rings. The van der Waals surface area contributed by atoms with Gasteiger partial charge in [0.15, 0.2) is 0 Å². The molecule has 0 aliphatic carbocycles. The summed E-state index contributed by atoms with van der Waals surface area (Å²) in [5.74, 6) is 0.151. The van der Waals surface area contributed by atoms with Gasteiger partial charge in [0, 0.05) is 28.2 Å². The Bertz CT molecular complexity index is 1020. The van der Waals surface area contributed by atoms with E-state index in [-0.39, 0.29) is 30.6 Å². The van der Waals surface area contributed by atoms with Crippen molar-refractivity contribution in [3.63, 3.8) is 0 Å². The average Bonchev–Trinajstić information content (AvgIpc) is 3.44. The highest BCUT2D eigenvalue weighted by molar-refractivity contribution is 7.11. The number of amides is 3. The maximum absolute atomic E-state index is 13.2. The molecule has 0 atom stereocenters. The molecular weight excluding hydrogens is 388 g/mol. The van der Waals surface area contributed by atoms with Gasteiger partial charge in [0.25, 0.3) is 5.91 Å². The van der Waals surface area contributed by atoms with E-state index in [1.54, 1.807) is 52.8 Å². The molecule has 0 spiro atoms. The number of benzene rings is 1. The summed E-state index contributed by atoms with van der Waals surface area (Å²) in [5.41, 5.74) is 0.994. The number of aryl methyl sites for hydroxylation is 1. The molecule has 29 heavy (non-hydrogen) atoms. The summed E-state index contributed by atoms with van der Waals surface area (Å²) in [6.07, 6.45) is 2.06. The molecule has 6 nitrogen and oxygen atoms in total. The number of furan rings is 1. The molecule has 0 radical (unpaired) electrons. The SMILES string of the molecule is Cc1ccc(CN(Cc2ccco2)C(=O)c2ccc(N3C(=O)CCC3=O)cc2)s1. The molecule has 1 aliphatic rings. The van der Waals surface area contributed by atoms with Crippen molar-refractivity contribution in [2.24, 2.45) is 0 Å². The van der Waals surface area contributed by atoms with Gasteiger partial charge in [-0.05, 0) is 55.5 Å². The zero-order valence-corrected chi connectivity index (χ0v) is 16.8. The lowest BCUT2D eigenvalue weighted by atomic mass is 10.1. The highest BCUT2D eigenvalue weighted by atomic mass is 32.1. The van der Waals surface area contributed by atoms with Gasteiger partial charge in [-0.2, -0.15) is 0 Å². The van der Waals surface area contributed by atoms with Crippen molar-refractivity contribution < 1.29 is 18.8 Å². The molecule has 1 saturated heterocycles. The fraction of sp³-hybridized carbons (Fsp3) is 0.227. The first-order valence-electron chi connectivity index (χ1n) is 9.34. The Hall–Kier alpha value is -3.19. The minimum absolute atomic E-state index is 0.141. The highest BCUT2D eigenvalue weighted by Crippen LogP contribution is 2.24. The van der Waals surface area contributed by atoms with Crippen molar-refractivity contribution >= 4 is 34.7 Å². The van der Waals surface area contributed by atoms with Gasteiger partial charge in [-0.3, -0.25) is 19.3 Å². The first-order chi connectivity index (χ1) is 14.0. The molecule has 0 unspecified atom stereocenters. The van der Waals surface area contributed by atoms with Crippen molar-refractivity contribution in [1.29, 1.82) is 0 Å². The monoisotopic (exact) mass is 408 g/mol. The summed E-state index contributed by atoms with van der Waals surface area (Å²) in [5, 5.41) is 0. The second-order valence-electron chi connectivity index (χ2n) is 6.92. The van der Waals surface area contributed by atoms with Crippen molar-refractivity contribution in [3.05, 3.63) is 75.9 Å². The molecule has 148 valence electrons. The molecule has 3 heterocycles. The van der Waals surface area contributed by atoms with Crippen LogP contribution in [-0.2, 0) is 22.7 Å². The third kappa shape index (κ3) is 4.14. The molecule has 4 rings (SSSR count). The van der Waals surface area contributed by atoms with Crippen LogP contribution in [-0.4, -0.2) is 22.6 Å². The second kappa shape index (κ2) is 8.05. The number of carbonyl (C=O) groups is 3. The number of thiophene rings is 1. The summed E-state index contributed by atoms with van der Waals surface area (Å²) in [6, 6.07) is 14.3. The van der Waals surface area contributed by atoms with Crippen LogP contribution in [0.1, 0.15) is 38.7 Å². The molecule has 3 amide bonds. The Balaban J connectivity index is 1.56. The largest absolute Gasteiger partial charge is 0.467 e. The van der Waals surface area contributed by atoms with Gasteiger partial charge in [0.05, 0.1) is 25.0 Å². The van der Waals surface area contributed by atoms with E-state index in [1.807, 2.05) is 25.1 Å². The molecule has 1 aromatic carbocycles. The average molecular weight is 408 g/mol. The van der Waals surface area contributed by atoms with Crippen LogP contribution in [0.25, 0.3) is 0 Å². The van der Waals surface area contributed by atoms with Gasteiger partial charge in [-0.1, -0.05) is 0 Å². The first kappa shape index (κ1) is 19.1. The standard InChI is InChI=1S/C22H20N2O4S/c1-15-4-9-19(29-15)14-23(13-18-3-2-12-28-18)22(27)16-5-7-17(8-6-16)24-20(25)10-11-21(24)26/h2-9,12H,10-11,13-14H2,1H3. The molecular formula is C22H20N2O4S. The van der Waals surface area contributed by atoms with Crippen LogP contribution < -0.4 is 4.90 Å². The number of anilines is 1. The molecule has 0 N–H and O–H groups in total. The smallest absolute Gasteiger partial charge is 0.254 e. The fourth-order valence-electron chi connectivity index (χ4n) is 3.35. The van der Waals surface area contributed by atoms with E-state index in [4.69, 9.17) is 4.42 Å². The van der Waals surface area contributed by atoms with E-state index < -0.39 is 0 Å². The lowest BCUT2D eigenvalue weighted by Crippen LogP contribution is -2.30. The lowest BCUT2D eigenvalue weighted by molar-refractivity contribution is -0.121. The number of carbonyl (C=O) groups excluding carboxylic acids is 3. The van der Waals surface area contributed by atoms with Gasteiger partial charge >= 0.3 is 0 Å². The summed E-state index contributed by atoms with van der Waals surface area (Å²) in [4.78, 5) is 42.2. The van der Waals surface area contributed by atoms with Crippen LogP contribution >= 0.6 is 11.3 Å². The van der Waals surface area contributed by atoms with Crippen LogP contribution in [0.15, 0.2) is 59.2 Å². The van der Waals surface area contributed by atoms with Gasteiger partial charge in [-0.25, -0.2) is 0 Å². The maximum Gasteiger partial charge on any atom is 0.254 e. The topological polar surface area (TPSA) is 70.8 Å². The van der Waals surface area contributed by atoms with Crippen LogP contribution in [0, 0.1) is 6.92 Å². The van der Waals surface area contributed by atoms with Crippen molar-refractivity contribution in [3.8, 4) is 0 Å². The van der Waals surface area contributed by atoms with Crippen LogP contribution in [0.4, 0.5) is 5.69 Å². The van der Waals surface area contributed by atoms with Crippen molar-refractivity contribution in [2.45, 2.75) is 32.9 Å². The molecule has 2 aromatic heterocycles. The minimum atomic E-state index is -0.207. The Morgan fingerprint density at radius 3 is 2.34 bits per heavy atom. The number of hydrogen-bond acceptors (Lipinski definition) is 5. The number of hydrogen-bond donors (Lipinski definition) is 0. The normalized spacial score (nSPS) is 13.9. The van der Waals surface area contributed by atoms with E-state index in [2.05, 4.69) is 0 Å². The van der Waals surface area contributed by atoms with E-state index in [0.717, 1.165) is 4.88 Å². The van der Waals surface area contributed by atoms with Crippen molar-refractivity contribution in [2.75, 3.05) is 4.90 Å². The first-order valence-corrected chi connectivity index (χ1v) is 10.2. The quantitative estimate of drug-likeness (QED) is 0.575. The Kier molecular flexibility index (Phi) is 5.31. The summed E-state index contributed by atoms with van der Waals surface area (Å²) in [6.45, 7) is 2.86. The van der Waals surface area contributed by atoms with Crippen LogP contribution in [0.3, 0.4) is 0 Å². The summed E-state index contributed by atoms with van der Waals surface area (Å²) < 4.78 is 5.43. The number of rotatable bonds is 6. The lowest BCUT2D eigenvalue weighted by Gasteiger charge is -2.22. The number of imide groups is 1. The van der Waals surface area contributed by atoms with Crippen LogP contribution in [0.5, 0.6) is 0 Å². The summed E-state index contributed by atoms with van der Waals surface area (Å²) in [7, 11) is 0. The predicted octanol–water partition coefficient (Wildman–Crippen LogP) is 4.15. The second-order valence-corrected chi connectivity index (χ2v) is 8.30.